The minimum absolute atomic E-state index is 0.0103. The summed E-state index contributed by atoms with van der Waals surface area (Å²) in [6.07, 6.45) is 6.43. The molecule has 4 saturated carbocycles. The fraction of sp³-hybridized carbons (Fsp3) is 0.500. The molecule has 1 aromatic heterocycles. The summed E-state index contributed by atoms with van der Waals surface area (Å²) in [4.78, 5) is 25.9. The minimum atomic E-state index is -0.912. The van der Waals surface area contributed by atoms with Crippen LogP contribution >= 0.6 is 15.9 Å². The van der Waals surface area contributed by atoms with Gasteiger partial charge in [-0.15, -0.1) is 0 Å². The molecule has 0 spiro atoms. The van der Waals surface area contributed by atoms with Gasteiger partial charge in [-0.3, -0.25) is 9.59 Å². The van der Waals surface area contributed by atoms with Gasteiger partial charge in [-0.1, -0.05) is 34.1 Å². The SMILES string of the molecule is COc1cc2c(cc1NC(=O)[C@H](C)OC(=O)CC13C[C@@H]4C[C@H](CC(Br)(C4)C1)C3)oc1ccccc12. The van der Waals surface area contributed by atoms with Crippen LogP contribution in [0.2, 0.25) is 0 Å². The molecule has 0 aliphatic heterocycles. The summed E-state index contributed by atoms with van der Waals surface area (Å²) in [5, 5.41) is 4.75. The van der Waals surface area contributed by atoms with Gasteiger partial charge in [0.1, 0.15) is 16.9 Å². The first kappa shape index (κ1) is 22.9. The Morgan fingerprint density at radius 2 is 1.86 bits per heavy atom. The van der Waals surface area contributed by atoms with Gasteiger partial charge < -0.3 is 19.2 Å². The summed E-state index contributed by atoms with van der Waals surface area (Å²) in [6.45, 7) is 1.62. The van der Waals surface area contributed by atoms with E-state index in [1.165, 1.54) is 19.3 Å². The number of benzene rings is 2. The molecule has 1 N–H and O–H groups in total. The standard InChI is InChI=1S/C28H30BrNO5/c1-16(34-25(31)14-27-10-17-7-18(11-27)13-28(29,12-17)15-27)26(32)30-21-9-23-20(8-24(21)33-2)19-5-3-4-6-22(19)35-23/h3-6,8-9,16-18H,7,10-15H2,1-2H3,(H,30,32)/t16-,17-,18-,27?,28?/m0/s1. The first-order valence-electron chi connectivity index (χ1n) is 12.4. The molecule has 1 heterocycles. The highest BCUT2D eigenvalue weighted by Gasteiger charge is 2.57. The Morgan fingerprint density at radius 3 is 2.57 bits per heavy atom. The summed E-state index contributed by atoms with van der Waals surface area (Å²) in [5.74, 6) is 1.24. The number of hydrogen-bond donors (Lipinski definition) is 1. The summed E-state index contributed by atoms with van der Waals surface area (Å²) < 4.78 is 17.3. The second kappa shape index (κ2) is 8.26. The number of para-hydroxylation sites is 1. The van der Waals surface area contributed by atoms with Crippen LogP contribution in [0.5, 0.6) is 5.75 Å². The molecule has 3 aromatic rings. The molecule has 7 heteroatoms. The number of methoxy groups -OCH3 is 1. The first-order chi connectivity index (χ1) is 16.7. The van der Waals surface area contributed by atoms with Crippen LogP contribution in [0, 0.1) is 17.3 Å². The van der Waals surface area contributed by atoms with Gasteiger partial charge in [0.2, 0.25) is 0 Å². The molecule has 7 rings (SSSR count). The second-order valence-electron chi connectivity index (χ2n) is 11.1. The number of esters is 1. The number of rotatable bonds is 6. The number of nitrogens with one attached hydrogen (secondary N) is 1. The third-order valence-electron chi connectivity index (χ3n) is 8.26. The molecule has 4 aliphatic rings. The topological polar surface area (TPSA) is 77.8 Å². The van der Waals surface area contributed by atoms with E-state index in [0.29, 0.717) is 35.3 Å². The Hall–Kier alpha value is -2.54. The summed E-state index contributed by atoms with van der Waals surface area (Å²) in [7, 11) is 1.56. The van der Waals surface area contributed by atoms with E-state index in [4.69, 9.17) is 13.9 Å². The van der Waals surface area contributed by atoms with Gasteiger partial charge >= 0.3 is 5.97 Å². The normalized spacial score (nSPS) is 29.9. The van der Waals surface area contributed by atoms with Crippen LogP contribution < -0.4 is 10.1 Å². The number of carbonyl (C=O) groups excluding carboxylic acids is 2. The van der Waals surface area contributed by atoms with E-state index in [0.717, 1.165) is 35.6 Å². The van der Waals surface area contributed by atoms with Crippen molar-refractivity contribution in [1.82, 2.24) is 0 Å². The predicted molar refractivity (Wildman–Crippen MR) is 138 cm³/mol. The van der Waals surface area contributed by atoms with Crippen LogP contribution in [0.25, 0.3) is 21.9 Å². The average molecular weight is 540 g/mol. The van der Waals surface area contributed by atoms with Crippen molar-refractivity contribution < 1.29 is 23.5 Å². The number of alkyl halides is 1. The molecule has 4 aliphatic carbocycles. The number of anilines is 1. The highest BCUT2D eigenvalue weighted by Crippen LogP contribution is 2.65. The maximum Gasteiger partial charge on any atom is 0.307 e. The highest BCUT2D eigenvalue weighted by atomic mass is 79.9. The van der Waals surface area contributed by atoms with Gasteiger partial charge in [0.15, 0.2) is 6.10 Å². The number of carbonyl (C=O) groups is 2. The number of ether oxygens (including phenoxy) is 2. The maximum absolute atomic E-state index is 13.0. The van der Waals surface area contributed by atoms with Crippen molar-refractivity contribution in [2.45, 2.75) is 62.3 Å². The van der Waals surface area contributed by atoms with Crippen molar-refractivity contribution >= 4 is 55.4 Å². The number of furan rings is 1. The lowest BCUT2D eigenvalue weighted by molar-refractivity contribution is -0.159. The third kappa shape index (κ3) is 4.11. The van der Waals surface area contributed by atoms with Crippen molar-refractivity contribution in [1.29, 1.82) is 0 Å². The zero-order chi connectivity index (χ0) is 24.4. The Labute approximate surface area is 212 Å². The Morgan fingerprint density at radius 1 is 1.11 bits per heavy atom. The first-order valence-corrected chi connectivity index (χ1v) is 13.2. The number of amides is 1. The summed E-state index contributed by atoms with van der Waals surface area (Å²) in [6, 6.07) is 11.4. The lowest BCUT2D eigenvalue weighted by Gasteiger charge is -2.60. The fourth-order valence-corrected chi connectivity index (χ4v) is 8.90. The van der Waals surface area contributed by atoms with E-state index in [2.05, 4.69) is 21.2 Å². The third-order valence-corrected chi connectivity index (χ3v) is 9.19. The Bertz CT molecular complexity index is 1320. The van der Waals surface area contributed by atoms with Gasteiger partial charge in [0, 0.05) is 21.2 Å². The van der Waals surface area contributed by atoms with Crippen LogP contribution in [-0.4, -0.2) is 29.4 Å². The van der Waals surface area contributed by atoms with E-state index in [-0.39, 0.29) is 15.7 Å². The smallest absolute Gasteiger partial charge is 0.307 e. The molecular weight excluding hydrogens is 510 g/mol. The second-order valence-corrected chi connectivity index (χ2v) is 12.7. The zero-order valence-electron chi connectivity index (χ0n) is 20.1. The molecule has 3 atom stereocenters. The van der Waals surface area contributed by atoms with Gasteiger partial charge in [-0.25, -0.2) is 0 Å². The molecule has 0 saturated heterocycles. The minimum Gasteiger partial charge on any atom is -0.495 e. The zero-order valence-corrected chi connectivity index (χ0v) is 21.7. The quantitative estimate of drug-likeness (QED) is 0.282. The van der Waals surface area contributed by atoms with Crippen LogP contribution in [0.15, 0.2) is 40.8 Å². The molecule has 1 amide bonds. The molecule has 2 aromatic carbocycles. The maximum atomic E-state index is 13.0. The predicted octanol–water partition coefficient (Wildman–Crippen LogP) is 6.59. The monoisotopic (exact) mass is 539 g/mol. The molecule has 35 heavy (non-hydrogen) atoms. The number of halogens is 1. The van der Waals surface area contributed by atoms with Crippen LogP contribution in [0.4, 0.5) is 5.69 Å². The lowest BCUT2D eigenvalue weighted by atomic mass is 9.49. The van der Waals surface area contributed by atoms with Crippen molar-refractivity contribution in [3.8, 4) is 5.75 Å². The van der Waals surface area contributed by atoms with Gasteiger partial charge in [-0.05, 0) is 74.8 Å². The summed E-state index contributed by atoms with van der Waals surface area (Å²) in [5.41, 5.74) is 1.91. The lowest BCUT2D eigenvalue weighted by Crippen LogP contribution is -2.53. The van der Waals surface area contributed by atoms with Crippen LogP contribution in [0.1, 0.15) is 51.9 Å². The van der Waals surface area contributed by atoms with Crippen molar-refractivity contribution in [3.05, 3.63) is 36.4 Å². The van der Waals surface area contributed by atoms with Crippen molar-refractivity contribution in [2.24, 2.45) is 17.3 Å². The molecule has 0 unspecified atom stereocenters. The van der Waals surface area contributed by atoms with Gasteiger partial charge in [0.05, 0.1) is 19.2 Å². The van der Waals surface area contributed by atoms with E-state index < -0.39 is 12.0 Å². The largest absolute Gasteiger partial charge is 0.495 e. The summed E-state index contributed by atoms with van der Waals surface area (Å²) >= 11 is 4.00. The molecule has 4 fully saturated rings. The molecular formula is C28H30BrNO5. The highest BCUT2D eigenvalue weighted by molar-refractivity contribution is 9.10. The molecule has 184 valence electrons. The van der Waals surface area contributed by atoms with E-state index in [1.54, 1.807) is 20.1 Å². The molecule has 4 bridgehead atoms. The van der Waals surface area contributed by atoms with Gasteiger partial charge in [0.25, 0.3) is 5.91 Å². The van der Waals surface area contributed by atoms with Crippen LogP contribution in [0.3, 0.4) is 0 Å². The average Bonchev–Trinajstić information content (AvgIpc) is 3.13. The van der Waals surface area contributed by atoms with E-state index in [9.17, 15) is 9.59 Å². The Balaban J connectivity index is 1.15. The molecule has 0 radical (unpaired) electrons. The van der Waals surface area contributed by atoms with Gasteiger partial charge in [-0.2, -0.15) is 0 Å². The van der Waals surface area contributed by atoms with Crippen molar-refractivity contribution in [2.75, 3.05) is 12.4 Å². The fourth-order valence-electron chi connectivity index (χ4n) is 7.39. The number of fused-ring (bicyclic) bond motifs is 3. The van der Waals surface area contributed by atoms with Crippen LogP contribution in [-0.2, 0) is 14.3 Å². The van der Waals surface area contributed by atoms with E-state index in [1.807, 2.05) is 30.3 Å². The molecule has 6 nitrogen and oxygen atoms in total. The van der Waals surface area contributed by atoms with Crippen molar-refractivity contribution in [3.63, 3.8) is 0 Å². The Kier molecular flexibility index (Phi) is 5.40. The number of hydrogen-bond acceptors (Lipinski definition) is 5. The van der Waals surface area contributed by atoms with E-state index >= 15 is 0 Å².